The summed E-state index contributed by atoms with van der Waals surface area (Å²) in [7, 11) is 6.37. The second-order valence-corrected chi connectivity index (χ2v) is 18.2. The third-order valence-electron chi connectivity index (χ3n) is 12.4. The first kappa shape index (κ1) is 45.4. The Labute approximate surface area is 381 Å². The number of nitrogens with zero attached hydrogens (tertiary/aromatic N) is 6. The van der Waals surface area contributed by atoms with Gasteiger partial charge in [-0.2, -0.15) is 13.7 Å². The molecule has 9 rings (SSSR count). The van der Waals surface area contributed by atoms with Gasteiger partial charge in [0, 0.05) is 18.2 Å². The highest BCUT2D eigenvalue weighted by Crippen LogP contribution is 2.28. The summed E-state index contributed by atoms with van der Waals surface area (Å²) in [6.07, 6.45) is 7.07. The Hall–Kier alpha value is -6.66. The maximum atomic E-state index is 4.79. The van der Waals surface area contributed by atoms with Gasteiger partial charge in [-0.25, -0.2) is 15.0 Å². The molecule has 3 heterocycles. The zero-order valence-electron chi connectivity index (χ0n) is 40.0. The smallest absolute Gasteiger partial charge is 0.231 e. The van der Waals surface area contributed by atoms with E-state index in [0.29, 0.717) is 17.8 Å². The molecule has 0 amide bonds. The summed E-state index contributed by atoms with van der Waals surface area (Å²) >= 11 is 0. The van der Waals surface area contributed by atoms with Crippen LogP contribution in [-0.4, -0.2) is 15.0 Å². The highest BCUT2D eigenvalue weighted by Gasteiger charge is 2.22. The Kier molecular flexibility index (Phi) is 14.0. The SMILES string of the molecule is Cc1ccccc1-c1cnc2c(C(C)C)cccc2[n+]1C.Cc1ccccc1-c1cnc2c(C(C)C)cccc2[n+]1C.Cc1ccccc1-c1cnc2c(CC(C)C)cccc2[n+]1C. The van der Waals surface area contributed by atoms with E-state index in [1.165, 1.54) is 66.6 Å². The van der Waals surface area contributed by atoms with E-state index >= 15 is 0 Å². The van der Waals surface area contributed by atoms with Gasteiger partial charge in [0.1, 0.15) is 56.3 Å². The predicted octanol–water partition coefficient (Wildman–Crippen LogP) is 12.5. The molecule has 324 valence electrons. The molecule has 6 nitrogen and oxygen atoms in total. The van der Waals surface area contributed by atoms with Crippen molar-refractivity contribution in [1.82, 2.24) is 15.0 Å². The van der Waals surface area contributed by atoms with Crippen molar-refractivity contribution in [2.24, 2.45) is 27.1 Å². The van der Waals surface area contributed by atoms with Crippen LogP contribution in [0.25, 0.3) is 66.9 Å². The highest BCUT2D eigenvalue weighted by molar-refractivity contribution is 5.79. The van der Waals surface area contributed by atoms with E-state index in [9.17, 15) is 0 Å². The van der Waals surface area contributed by atoms with Crippen LogP contribution in [-0.2, 0) is 27.6 Å². The van der Waals surface area contributed by atoms with E-state index in [1.807, 2.05) is 18.6 Å². The first-order valence-electron chi connectivity index (χ1n) is 22.8. The van der Waals surface area contributed by atoms with Crippen LogP contribution in [0.2, 0.25) is 0 Å². The van der Waals surface area contributed by atoms with E-state index in [2.05, 4.69) is 225 Å². The molecule has 0 saturated heterocycles. The summed E-state index contributed by atoms with van der Waals surface area (Å²) < 4.78 is 6.75. The van der Waals surface area contributed by atoms with Gasteiger partial charge in [0.2, 0.25) is 33.6 Å². The molecule has 0 bridgehead atoms. The van der Waals surface area contributed by atoms with Gasteiger partial charge in [-0.3, -0.25) is 0 Å². The summed E-state index contributed by atoms with van der Waals surface area (Å²) in [5, 5.41) is 0. The molecule has 6 heteroatoms. The van der Waals surface area contributed by atoms with Crippen LogP contribution in [0.4, 0.5) is 0 Å². The minimum absolute atomic E-state index is 0.477. The molecule has 0 aliphatic rings. The van der Waals surface area contributed by atoms with Gasteiger partial charge in [-0.05, 0) is 96.5 Å². The molecule has 0 radical (unpaired) electrons. The maximum Gasteiger partial charge on any atom is 0.231 e. The number of aromatic nitrogens is 6. The average Bonchev–Trinajstić information content (AvgIpc) is 3.28. The fourth-order valence-corrected chi connectivity index (χ4v) is 8.81. The first-order chi connectivity index (χ1) is 30.8. The standard InChI is InChI=1S/C20H23N2.2C19H21N2/c1-14(2)12-16-9-7-11-18-20(16)21-13-19(22(18)4)17-10-6-5-8-15(17)3;2*1-13(2)15-10-7-11-17-19(15)20-12-18(21(17)4)16-9-6-5-8-14(16)3/h5-11,13-14H,12H2,1-4H3;2*5-13H,1-4H3/q3*+1. The monoisotopic (exact) mass is 846 g/mol. The molecule has 3 aromatic heterocycles. The molecule has 0 atom stereocenters. The van der Waals surface area contributed by atoms with Gasteiger partial charge in [0.05, 0.1) is 16.7 Å². The number of fused-ring (bicyclic) bond motifs is 3. The lowest BCUT2D eigenvalue weighted by atomic mass is 10.0. The quantitative estimate of drug-likeness (QED) is 0.150. The third kappa shape index (κ3) is 9.47. The zero-order valence-corrected chi connectivity index (χ0v) is 40.0. The summed E-state index contributed by atoms with van der Waals surface area (Å²) in [5.74, 6) is 1.59. The summed E-state index contributed by atoms with van der Waals surface area (Å²) in [4.78, 5) is 14.3. The van der Waals surface area contributed by atoms with E-state index in [-0.39, 0.29) is 0 Å². The minimum atomic E-state index is 0.477. The Morgan fingerprint density at radius 2 is 0.719 bits per heavy atom. The van der Waals surface area contributed by atoms with Crippen LogP contribution in [0.1, 0.15) is 86.8 Å². The number of benzene rings is 6. The lowest BCUT2D eigenvalue weighted by Gasteiger charge is -2.10. The molecular formula is C58H65N6+3. The van der Waals surface area contributed by atoms with Gasteiger partial charge in [-0.1, -0.05) is 133 Å². The number of hydrogen-bond donors (Lipinski definition) is 0. The van der Waals surface area contributed by atoms with Crippen LogP contribution >= 0.6 is 0 Å². The van der Waals surface area contributed by atoms with Crippen molar-refractivity contribution in [3.8, 4) is 33.8 Å². The summed E-state index contributed by atoms with van der Waals surface area (Å²) in [6, 6.07) is 44.8. The average molecular weight is 846 g/mol. The number of rotatable bonds is 7. The molecule has 0 saturated carbocycles. The Balaban J connectivity index is 0.000000144. The molecule has 64 heavy (non-hydrogen) atoms. The van der Waals surface area contributed by atoms with Crippen molar-refractivity contribution in [3.63, 3.8) is 0 Å². The van der Waals surface area contributed by atoms with E-state index in [4.69, 9.17) is 15.0 Å². The maximum absolute atomic E-state index is 4.79. The van der Waals surface area contributed by atoms with Crippen LogP contribution in [0.3, 0.4) is 0 Å². The molecule has 6 aromatic carbocycles. The van der Waals surface area contributed by atoms with Crippen molar-refractivity contribution >= 4 is 33.1 Å². The molecule has 0 aliphatic carbocycles. The van der Waals surface area contributed by atoms with Crippen molar-refractivity contribution in [2.45, 2.75) is 80.6 Å². The summed E-state index contributed by atoms with van der Waals surface area (Å²) in [5.41, 5.74) is 21.8. The minimum Gasteiger partial charge on any atom is -0.243 e. The lowest BCUT2D eigenvalue weighted by molar-refractivity contribution is -0.634. The van der Waals surface area contributed by atoms with Crippen molar-refractivity contribution in [1.29, 1.82) is 0 Å². The van der Waals surface area contributed by atoms with E-state index in [1.54, 1.807) is 0 Å². The largest absolute Gasteiger partial charge is 0.243 e. The highest BCUT2D eigenvalue weighted by atomic mass is 15.0. The van der Waals surface area contributed by atoms with E-state index in [0.717, 1.165) is 40.1 Å². The fraction of sp³-hybridized carbons (Fsp3) is 0.276. The van der Waals surface area contributed by atoms with Crippen molar-refractivity contribution < 1.29 is 13.7 Å². The van der Waals surface area contributed by atoms with Crippen LogP contribution < -0.4 is 13.7 Å². The predicted molar refractivity (Wildman–Crippen MR) is 266 cm³/mol. The molecule has 0 N–H and O–H groups in total. The molecule has 0 spiro atoms. The van der Waals surface area contributed by atoms with Gasteiger partial charge >= 0.3 is 0 Å². The van der Waals surface area contributed by atoms with Crippen molar-refractivity contribution in [2.75, 3.05) is 0 Å². The van der Waals surface area contributed by atoms with Crippen LogP contribution in [0, 0.1) is 26.7 Å². The van der Waals surface area contributed by atoms with E-state index < -0.39 is 0 Å². The normalized spacial score (nSPS) is 11.3. The molecule has 9 aromatic rings. The Bertz CT molecular complexity index is 2950. The molecule has 0 fully saturated rings. The Morgan fingerprint density at radius 1 is 0.391 bits per heavy atom. The number of para-hydroxylation sites is 3. The second-order valence-electron chi connectivity index (χ2n) is 18.2. The van der Waals surface area contributed by atoms with Crippen molar-refractivity contribution in [3.05, 3.63) is 179 Å². The fourth-order valence-electron chi connectivity index (χ4n) is 8.81. The first-order valence-corrected chi connectivity index (χ1v) is 22.8. The molecule has 0 aliphatic heterocycles. The van der Waals surface area contributed by atoms with Crippen LogP contribution in [0.5, 0.6) is 0 Å². The van der Waals surface area contributed by atoms with Gasteiger partial charge < -0.3 is 0 Å². The second kappa shape index (κ2) is 19.8. The van der Waals surface area contributed by atoms with Crippen LogP contribution in [0.15, 0.2) is 146 Å². The molecular weight excluding hydrogens is 781 g/mol. The third-order valence-corrected chi connectivity index (χ3v) is 12.4. The molecule has 0 unspecified atom stereocenters. The Morgan fingerprint density at radius 3 is 1.06 bits per heavy atom. The number of aryl methyl sites for hydroxylation is 6. The van der Waals surface area contributed by atoms with Gasteiger partial charge in [-0.15, -0.1) is 0 Å². The lowest BCUT2D eigenvalue weighted by Crippen LogP contribution is -2.33. The van der Waals surface area contributed by atoms with Gasteiger partial charge in [0.25, 0.3) is 0 Å². The van der Waals surface area contributed by atoms with Gasteiger partial charge in [0.15, 0.2) is 0 Å². The summed E-state index contributed by atoms with van der Waals surface area (Å²) in [6.45, 7) is 19.8. The number of hydrogen-bond acceptors (Lipinski definition) is 3. The zero-order chi connectivity index (χ0) is 45.7. The topological polar surface area (TPSA) is 50.3 Å².